The summed E-state index contributed by atoms with van der Waals surface area (Å²) in [6.45, 7) is 1.39. The van der Waals surface area contributed by atoms with E-state index in [9.17, 15) is 4.79 Å². The molecule has 0 aliphatic carbocycles. The second-order valence-electron chi connectivity index (χ2n) is 6.84. The van der Waals surface area contributed by atoms with E-state index in [0.29, 0.717) is 28.7 Å². The zero-order chi connectivity index (χ0) is 17.8. The summed E-state index contributed by atoms with van der Waals surface area (Å²) in [6, 6.07) is 3.72. The minimum atomic E-state index is -0.0341. The summed E-state index contributed by atoms with van der Waals surface area (Å²) in [5.41, 5.74) is 3.33. The lowest BCUT2D eigenvalue weighted by Gasteiger charge is -2.22. The molecule has 134 valence electrons. The van der Waals surface area contributed by atoms with Crippen molar-refractivity contribution in [1.82, 2.24) is 14.3 Å². The Balaban J connectivity index is 1.70. The number of nitrogens with zero attached hydrogens (tertiary/aromatic N) is 3. The van der Waals surface area contributed by atoms with Crippen molar-refractivity contribution in [3.05, 3.63) is 40.3 Å². The first-order chi connectivity index (χ1) is 12.6. The number of halogens is 2. The molecular formula is C19H17Cl2N3O2. The van der Waals surface area contributed by atoms with E-state index in [1.165, 1.54) is 0 Å². The van der Waals surface area contributed by atoms with E-state index in [1.54, 1.807) is 6.07 Å². The van der Waals surface area contributed by atoms with Gasteiger partial charge in [0.15, 0.2) is 5.78 Å². The fraction of sp³-hybridized carbons (Fsp3) is 0.368. The van der Waals surface area contributed by atoms with Crippen LogP contribution in [0.5, 0.6) is 0 Å². The molecule has 0 radical (unpaired) electrons. The highest BCUT2D eigenvalue weighted by Crippen LogP contribution is 2.43. The summed E-state index contributed by atoms with van der Waals surface area (Å²) in [5.74, 6) is 0.130. The molecule has 3 aromatic rings. The summed E-state index contributed by atoms with van der Waals surface area (Å²) < 4.78 is 9.68. The minimum Gasteiger partial charge on any atom is -0.357 e. The molecule has 7 heteroatoms. The van der Waals surface area contributed by atoms with Gasteiger partial charge in [-0.3, -0.25) is 4.79 Å². The monoisotopic (exact) mass is 389 g/mol. The number of carbonyl (C=O) groups excluding carboxylic acids is 1. The zero-order valence-electron chi connectivity index (χ0n) is 14.0. The van der Waals surface area contributed by atoms with Crippen LogP contribution in [0.4, 0.5) is 0 Å². The molecule has 4 heterocycles. The average Bonchev–Trinajstić information content (AvgIpc) is 3.35. The number of benzene rings is 1. The first-order valence-corrected chi connectivity index (χ1v) is 9.60. The van der Waals surface area contributed by atoms with Crippen LogP contribution in [0.15, 0.2) is 24.5 Å². The van der Waals surface area contributed by atoms with Crippen molar-refractivity contribution in [1.29, 1.82) is 0 Å². The Kier molecular flexibility index (Phi) is 3.85. The Bertz CT molecular complexity index is 1030. The summed E-state index contributed by atoms with van der Waals surface area (Å²) in [7, 11) is 0. The number of hydrogen-bond acceptors (Lipinski definition) is 3. The van der Waals surface area contributed by atoms with Crippen molar-refractivity contribution in [3.63, 3.8) is 0 Å². The predicted octanol–water partition coefficient (Wildman–Crippen LogP) is 5.10. The molecular weight excluding hydrogens is 373 g/mol. The third kappa shape index (κ3) is 2.34. The van der Waals surface area contributed by atoms with E-state index in [1.807, 2.05) is 27.7 Å². The van der Waals surface area contributed by atoms with Gasteiger partial charge in [-0.1, -0.05) is 29.3 Å². The molecule has 1 unspecified atom stereocenters. The van der Waals surface area contributed by atoms with E-state index in [4.69, 9.17) is 27.9 Å². The van der Waals surface area contributed by atoms with Crippen molar-refractivity contribution < 1.29 is 9.53 Å². The van der Waals surface area contributed by atoms with Crippen molar-refractivity contribution >= 4 is 39.9 Å². The fourth-order valence-electron chi connectivity index (χ4n) is 4.07. The molecule has 0 N–H and O–H groups in total. The van der Waals surface area contributed by atoms with Gasteiger partial charge in [-0.05, 0) is 25.3 Å². The van der Waals surface area contributed by atoms with Gasteiger partial charge in [0.2, 0.25) is 0 Å². The molecule has 2 aliphatic heterocycles. The Hall–Kier alpha value is -1.82. The summed E-state index contributed by atoms with van der Waals surface area (Å²) in [5, 5.41) is 6.43. The number of rotatable bonds is 2. The van der Waals surface area contributed by atoms with E-state index in [0.717, 1.165) is 47.9 Å². The Morgan fingerprint density at radius 1 is 1.23 bits per heavy atom. The van der Waals surface area contributed by atoms with Crippen molar-refractivity contribution in [2.24, 2.45) is 0 Å². The van der Waals surface area contributed by atoms with Gasteiger partial charge in [-0.2, -0.15) is 5.10 Å². The topological polar surface area (TPSA) is 49.0 Å². The molecule has 2 aliphatic rings. The molecule has 2 aromatic heterocycles. The number of ether oxygens (including phenoxy) is 1. The van der Waals surface area contributed by atoms with Gasteiger partial charge in [-0.25, -0.2) is 4.68 Å². The van der Waals surface area contributed by atoms with Crippen molar-refractivity contribution in [3.8, 4) is 11.1 Å². The molecule has 1 fully saturated rings. The maximum atomic E-state index is 12.6. The number of carbonyl (C=O) groups is 1. The van der Waals surface area contributed by atoms with E-state index in [-0.39, 0.29) is 12.0 Å². The third-order valence-electron chi connectivity index (χ3n) is 5.28. The van der Waals surface area contributed by atoms with Crippen LogP contribution >= 0.6 is 23.2 Å². The van der Waals surface area contributed by atoms with E-state index < -0.39 is 0 Å². The van der Waals surface area contributed by atoms with Crippen molar-refractivity contribution in [2.45, 2.75) is 38.5 Å². The highest BCUT2D eigenvalue weighted by atomic mass is 35.5. The molecule has 26 heavy (non-hydrogen) atoms. The predicted molar refractivity (Wildman–Crippen MR) is 101 cm³/mol. The molecule has 1 aromatic carbocycles. The summed E-state index contributed by atoms with van der Waals surface area (Å²) >= 11 is 12.7. The van der Waals surface area contributed by atoms with Crippen LogP contribution in [0.3, 0.4) is 0 Å². The average molecular weight is 390 g/mol. The van der Waals surface area contributed by atoms with Gasteiger partial charge in [0.25, 0.3) is 0 Å². The molecule has 5 nitrogen and oxygen atoms in total. The molecule has 1 saturated heterocycles. The SMILES string of the molecule is O=C1CCn2c1c(-c1cnn(C3CCCCO3)c1)c1ccc(Cl)c(Cl)c12. The number of ketones is 1. The van der Waals surface area contributed by atoms with Gasteiger partial charge in [0, 0.05) is 42.3 Å². The van der Waals surface area contributed by atoms with Crippen LogP contribution in [0.25, 0.3) is 22.0 Å². The molecule has 0 amide bonds. The maximum Gasteiger partial charge on any atom is 0.181 e. The van der Waals surface area contributed by atoms with E-state index >= 15 is 0 Å². The van der Waals surface area contributed by atoms with Crippen LogP contribution in [-0.2, 0) is 11.3 Å². The van der Waals surface area contributed by atoms with Gasteiger partial charge in [0.1, 0.15) is 6.23 Å². The lowest BCUT2D eigenvalue weighted by atomic mass is 10.0. The zero-order valence-corrected chi connectivity index (χ0v) is 15.6. The number of Topliss-reactive ketones (excluding diaryl/α,β-unsaturated/α-hetero) is 1. The fourth-order valence-corrected chi connectivity index (χ4v) is 4.49. The van der Waals surface area contributed by atoms with E-state index in [2.05, 4.69) is 5.10 Å². The highest BCUT2D eigenvalue weighted by molar-refractivity contribution is 6.45. The quantitative estimate of drug-likeness (QED) is 0.612. The van der Waals surface area contributed by atoms with Crippen LogP contribution in [-0.4, -0.2) is 26.7 Å². The van der Waals surface area contributed by atoms with Gasteiger partial charge >= 0.3 is 0 Å². The third-order valence-corrected chi connectivity index (χ3v) is 6.08. The smallest absolute Gasteiger partial charge is 0.181 e. The van der Waals surface area contributed by atoms with Crippen LogP contribution in [0, 0.1) is 0 Å². The Labute approximate surface area is 160 Å². The number of hydrogen-bond donors (Lipinski definition) is 0. The Morgan fingerprint density at radius 2 is 2.12 bits per heavy atom. The van der Waals surface area contributed by atoms with Gasteiger partial charge in [-0.15, -0.1) is 0 Å². The van der Waals surface area contributed by atoms with Gasteiger partial charge in [0.05, 0.1) is 27.5 Å². The Morgan fingerprint density at radius 3 is 2.92 bits per heavy atom. The minimum absolute atomic E-state index is 0.0341. The number of aryl methyl sites for hydroxylation is 1. The van der Waals surface area contributed by atoms with Crippen molar-refractivity contribution in [2.75, 3.05) is 6.61 Å². The standard InChI is InChI=1S/C19H17Cl2N3O2/c20-13-5-4-12-16(19-14(25)6-7-23(19)18(12)17(13)21)11-9-22-24(10-11)15-3-1-2-8-26-15/h4-5,9-10,15H,1-3,6-8H2. The van der Waals surface area contributed by atoms with Gasteiger partial charge < -0.3 is 9.30 Å². The molecule has 0 spiro atoms. The van der Waals surface area contributed by atoms with Crippen LogP contribution in [0.2, 0.25) is 10.0 Å². The molecule has 0 bridgehead atoms. The number of fused-ring (bicyclic) bond motifs is 3. The second-order valence-corrected chi connectivity index (χ2v) is 7.62. The lowest BCUT2D eigenvalue weighted by Crippen LogP contribution is -2.18. The molecule has 0 saturated carbocycles. The first-order valence-electron chi connectivity index (χ1n) is 8.84. The molecule has 5 rings (SSSR count). The van der Waals surface area contributed by atoms with Crippen LogP contribution in [0.1, 0.15) is 42.4 Å². The number of aromatic nitrogens is 3. The largest absolute Gasteiger partial charge is 0.357 e. The summed E-state index contributed by atoms with van der Waals surface area (Å²) in [6.07, 6.45) is 7.42. The summed E-state index contributed by atoms with van der Waals surface area (Å²) in [4.78, 5) is 12.6. The lowest BCUT2D eigenvalue weighted by molar-refractivity contribution is -0.0394. The molecule has 1 atom stereocenters. The highest BCUT2D eigenvalue weighted by Gasteiger charge is 2.31. The maximum absolute atomic E-state index is 12.6. The first kappa shape index (κ1) is 16.4. The second kappa shape index (κ2) is 6.12. The normalized spacial score (nSPS) is 20.1. The van der Waals surface area contributed by atoms with Crippen LogP contribution < -0.4 is 0 Å².